The van der Waals surface area contributed by atoms with Crippen LogP contribution in [0.25, 0.3) is 10.9 Å². The number of aromatic nitrogens is 1. The number of hydrogen-bond acceptors (Lipinski definition) is 1. The van der Waals surface area contributed by atoms with Crippen molar-refractivity contribution in [2.24, 2.45) is 0 Å². The zero-order chi connectivity index (χ0) is 16.4. The number of H-pyrrole nitrogens is 1. The fourth-order valence-corrected chi connectivity index (χ4v) is 2.85. The Hall–Kier alpha value is -1.97. The predicted molar refractivity (Wildman–Crippen MR) is 95.3 cm³/mol. The summed E-state index contributed by atoms with van der Waals surface area (Å²) in [5.41, 5.74) is 3.52. The van der Waals surface area contributed by atoms with E-state index in [1.807, 2.05) is 12.1 Å². The van der Waals surface area contributed by atoms with Crippen molar-refractivity contribution in [2.45, 2.75) is 19.9 Å². The number of benzene rings is 2. The molecule has 0 atom stereocenters. The minimum atomic E-state index is -0.171. The van der Waals surface area contributed by atoms with Gasteiger partial charge in [-0.2, -0.15) is 0 Å². The van der Waals surface area contributed by atoms with Crippen LogP contribution in [0.2, 0.25) is 10.0 Å². The third-order valence-electron chi connectivity index (χ3n) is 3.79. The topological polar surface area (TPSA) is 44.9 Å². The molecule has 3 nitrogen and oxygen atoms in total. The van der Waals surface area contributed by atoms with E-state index in [9.17, 15) is 4.79 Å². The number of amides is 1. The van der Waals surface area contributed by atoms with E-state index in [2.05, 4.69) is 29.4 Å². The van der Waals surface area contributed by atoms with Crippen LogP contribution in [0.5, 0.6) is 0 Å². The molecule has 3 rings (SSSR count). The Balaban J connectivity index is 1.76. The smallest absolute Gasteiger partial charge is 0.267 e. The molecule has 2 aromatic carbocycles. The fraction of sp³-hybridized carbons (Fsp3) is 0.167. The largest absolute Gasteiger partial charge is 0.351 e. The lowest BCUT2D eigenvalue weighted by atomic mass is 10.1. The van der Waals surface area contributed by atoms with Crippen molar-refractivity contribution in [1.29, 1.82) is 0 Å². The minimum Gasteiger partial charge on any atom is -0.351 e. The molecule has 1 amide bonds. The van der Waals surface area contributed by atoms with E-state index >= 15 is 0 Å². The predicted octanol–water partition coefficient (Wildman–Crippen LogP) is 4.97. The van der Waals surface area contributed by atoms with Crippen LogP contribution >= 0.6 is 23.2 Å². The molecule has 0 radical (unpaired) electrons. The molecule has 0 aliphatic heterocycles. The van der Waals surface area contributed by atoms with Gasteiger partial charge in [-0.25, -0.2) is 0 Å². The molecule has 0 aliphatic carbocycles. The zero-order valence-corrected chi connectivity index (χ0v) is 14.1. The van der Waals surface area contributed by atoms with Crippen molar-refractivity contribution in [2.75, 3.05) is 0 Å². The molecule has 0 saturated carbocycles. The van der Waals surface area contributed by atoms with Gasteiger partial charge in [-0.15, -0.1) is 0 Å². The SMILES string of the molecule is CCc1ccc2[nH]c(C(=O)NCc3cc(Cl)ccc3Cl)cc2c1. The molecule has 3 aromatic rings. The van der Waals surface area contributed by atoms with Crippen LogP contribution < -0.4 is 5.32 Å². The van der Waals surface area contributed by atoms with Crippen molar-refractivity contribution in [3.8, 4) is 0 Å². The lowest BCUT2D eigenvalue weighted by Gasteiger charge is -2.06. The summed E-state index contributed by atoms with van der Waals surface area (Å²) < 4.78 is 0. The van der Waals surface area contributed by atoms with E-state index in [1.54, 1.807) is 18.2 Å². The number of nitrogens with one attached hydrogen (secondary N) is 2. The summed E-state index contributed by atoms with van der Waals surface area (Å²) in [6.07, 6.45) is 0.968. The quantitative estimate of drug-likeness (QED) is 0.688. The van der Waals surface area contributed by atoms with Gasteiger partial charge >= 0.3 is 0 Å². The highest BCUT2D eigenvalue weighted by atomic mass is 35.5. The molecule has 0 spiro atoms. The van der Waals surface area contributed by atoms with Gasteiger partial charge in [-0.3, -0.25) is 4.79 Å². The Morgan fingerprint density at radius 3 is 2.74 bits per heavy atom. The second-order valence-corrected chi connectivity index (χ2v) is 6.22. The van der Waals surface area contributed by atoms with Crippen LogP contribution in [0.15, 0.2) is 42.5 Å². The number of halogens is 2. The second kappa shape index (κ2) is 6.65. The number of carbonyl (C=O) groups is 1. The van der Waals surface area contributed by atoms with Gasteiger partial charge in [0.05, 0.1) is 0 Å². The molecule has 5 heteroatoms. The molecule has 1 aromatic heterocycles. The molecule has 118 valence electrons. The monoisotopic (exact) mass is 346 g/mol. The Morgan fingerprint density at radius 2 is 1.96 bits per heavy atom. The Bertz CT molecular complexity index is 871. The normalized spacial score (nSPS) is 10.9. The van der Waals surface area contributed by atoms with Gasteiger partial charge in [0.15, 0.2) is 0 Å². The third kappa shape index (κ3) is 3.52. The van der Waals surface area contributed by atoms with Gasteiger partial charge in [0.1, 0.15) is 5.69 Å². The van der Waals surface area contributed by atoms with Gasteiger partial charge in [0.25, 0.3) is 5.91 Å². The molecule has 1 heterocycles. The van der Waals surface area contributed by atoms with Crippen LogP contribution in [0.4, 0.5) is 0 Å². The molecule has 0 saturated heterocycles. The van der Waals surface area contributed by atoms with Crippen LogP contribution in [-0.4, -0.2) is 10.9 Å². The standard InChI is InChI=1S/C18H16Cl2N2O/c1-2-11-3-6-16-12(7-11)9-17(22-16)18(23)21-10-13-8-14(19)4-5-15(13)20/h3-9,22H,2,10H2,1H3,(H,21,23). The van der Waals surface area contributed by atoms with E-state index in [4.69, 9.17) is 23.2 Å². The summed E-state index contributed by atoms with van der Waals surface area (Å²) in [5, 5.41) is 5.07. The fourth-order valence-electron chi connectivity index (χ4n) is 2.47. The van der Waals surface area contributed by atoms with Crippen LogP contribution in [0, 0.1) is 0 Å². The number of fused-ring (bicyclic) bond motifs is 1. The maximum atomic E-state index is 12.3. The third-order valence-corrected chi connectivity index (χ3v) is 4.39. The van der Waals surface area contributed by atoms with Gasteiger partial charge in [0, 0.05) is 27.5 Å². The molecule has 23 heavy (non-hydrogen) atoms. The average Bonchev–Trinajstić information content (AvgIpc) is 2.98. The first kappa shape index (κ1) is 15.9. The number of aryl methyl sites for hydroxylation is 1. The first-order valence-corrected chi connectivity index (χ1v) is 8.16. The minimum absolute atomic E-state index is 0.171. The average molecular weight is 347 g/mol. The maximum absolute atomic E-state index is 12.3. The first-order chi connectivity index (χ1) is 11.1. The summed E-state index contributed by atoms with van der Waals surface area (Å²) in [5.74, 6) is -0.171. The number of hydrogen-bond donors (Lipinski definition) is 2. The van der Waals surface area contributed by atoms with Gasteiger partial charge in [0.2, 0.25) is 0 Å². The number of rotatable bonds is 4. The highest BCUT2D eigenvalue weighted by molar-refractivity contribution is 6.33. The van der Waals surface area contributed by atoms with Gasteiger partial charge in [-0.05, 0) is 53.9 Å². The maximum Gasteiger partial charge on any atom is 0.267 e. The van der Waals surface area contributed by atoms with Crippen LogP contribution in [-0.2, 0) is 13.0 Å². The van der Waals surface area contributed by atoms with E-state index < -0.39 is 0 Å². The molecule has 0 bridgehead atoms. The summed E-state index contributed by atoms with van der Waals surface area (Å²) in [7, 11) is 0. The molecular formula is C18H16Cl2N2O. The summed E-state index contributed by atoms with van der Waals surface area (Å²) in [6.45, 7) is 2.43. The Kier molecular flexibility index (Phi) is 4.60. The van der Waals surface area contributed by atoms with Crippen molar-refractivity contribution in [3.63, 3.8) is 0 Å². The highest BCUT2D eigenvalue weighted by Crippen LogP contribution is 2.21. The lowest BCUT2D eigenvalue weighted by Crippen LogP contribution is -2.23. The molecule has 0 fully saturated rings. The summed E-state index contributed by atoms with van der Waals surface area (Å²) in [4.78, 5) is 15.5. The van der Waals surface area contributed by atoms with Gasteiger partial charge in [-0.1, -0.05) is 36.2 Å². The van der Waals surface area contributed by atoms with Gasteiger partial charge < -0.3 is 10.3 Å². The van der Waals surface area contributed by atoms with E-state index in [-0.39, 0.29) is 5.91 Å². The molecule has 0 aliphatic rings. The van der Waals surface area contributed by atoms with Crippen molar-refractivity contribution in [3.05, 3.63) is 69.3 Å². The van der Waals surface area contributed by atoms with Crippen LogP contribution in [0.3, 0.4) is 0 Å². The summed E-state index contributed by atoms with van der Waals surface area (Å²) >= 11 is 12.1. The lowest BCUT2D eigenvalue weighted by molar-refractivity contribution is 0.0947. The molecular weight excluding hydrogens is 331 g/mol. The Labute approximate surface area is 144 Å². The van der Waals surface area contributed by atoms with Crippen molar-refractivity contribution in [1.82, 2.24) is 10.3 Å². The zero-order valence-electron chi connectivity index (χ0n) is 12.6. The van der Waals surface area contributed by atoms with E-state index in [0.717, 1.165) is 22.9 Å². The van der Waals surface area contributed by atoms with Crippen molar-refractivity contribution >= 4 is 40.0 Å². The van der Waals surface area contributed by atoms with Crippen molar-refractivity contribution < 1.29 is 4.79 Å². The highest BCUT2D eigenvalue weighted by Gasteiger charge is 2.10. The first-order valence-electron chi connectivity index (χ1n) is 7.40. The summed E-state index contributed by atoms with van der Waals surface area (Å²) in [6, 6.07) is 13.2. The molecule has 0 unspecified atom stereocenters. The second-order valence-electron chi connectivity index (χ2n) is 5.38. The Morgan fingerprint density at radius 1 is 1.13 bits per heavy atom. The van der Waals surface area contributed by atoms with E-state index in [0.29, 0.717) is 22.3 Å². The number of aromatic amines is 1. The van der Waals surface area contributed by atoms with E-state index in [1.165, 1.54) is 5.56 Å². The number of carbonyl (C=O) groups excluding carboxylic acids is 1. The molecule has 2 N–H and O–H groups in total. The van der Waals surface area contributed by atoms with Crippen LogP contribution in [0.1, 0.15) is 28.5 Å².